The molecule has 1 aromatic rings. The fraction of sp³-hybridized carbons (Fsp3) is 0.500. The molecular weight excluding hydrogens is 260 g/mol. The van der Waals surface area contributed by atoms with Crippen molar-refractivity contribution in [3.8, 4) is 17.2 Å². The molecule has 0 spiro atoms. The van der Waals surface area contributed by atoms with Crippen molar-refractivity contribution in [2.24, 2.45) is 5.73 Å². The van der Waals surface area contributed by atoms with Crippen LogP contribution in [0.4, 0.5) is 0 Å². The second-order valence-corrected chi connectivity index (χ2v) is 4.82. The number of hydrogen-bond acceptors (Lipinski definition) is 5. The van der Waals surface area contributed by atoms with E-state index >= 15 is 0 Å². The topological polar surface area (TPSA) is 82.8 Å². The number of amides is 1. The lowest BCUT2D eigenvalue weighted by atomic mass is 9.87. The van der Waals surface area contributed by atoms with Gasteiger partial charge in [0.15, 0.2) is 11.5 Å². The molecule has 0 aliphatic heterocycles. The number of hydrogen-bond donors (Lipinski definition) is 2. The molecule has 1 fully saturated rings. The van der Waals surface area contributed by atoms with E-state index in [9.17, 15) is 4.79 Å². The number of benzene rings is 1. The summed E-state index contributed by atoms with van der Waals surface area (Å²) in [5.41, 5.74) is 6.18. The van der Waals surface area contributed by atoms with Gasteiger partial charge in [-0.3, -0.25) is 4.79 Å². The van der Waals surface area contributed by atoms with Crippen molar-refractivity contribution >= 4 is 5.91 Å². The van der Waals surface area contributed by atoms with Crippen molar-refractivity contribution in [2.45, 2.75) is 24.9 Å². The second kappa shape index (κ2) is 6.00. The molecule has 0 heterocycles. The zero-order valence-electron chi connectivity index (χ0n) is 11.9. The third kappa shape index (κ3) is 2.80. The van der Waals surface area contributed by atoms with Crippen LogP contribution < -0.4 is 25.3 Å². The van der Waals surface area contributed by atoms with E-state index in [0.29, 0.717) is 22.8 Å². The first-order valence-electron chi connectivity index (χ1n) is 6.45. The monoisotopic (exact) mass is 280 g/mol. The summed E-state index contributed by atoms with van der Waals surface area (Å²) in [6, 6.07) is 3.61. The molecule has 0 radical (unpaired) electrons. The summed E-state index contributed by atoms with van der Waals surface area (Å²) in [5, 5.41) is 2.93. The SMILES string of the molecule is COc1cc(C(=O)NC2CC(N)C2)cc(OC)c1OC. The highest BCUT2D eigenvalue weighted by Crippen LogP contribution is 2.38. The first kappa shape index (κ1) is 14.5. The van der Waals surface area contributed by atoms with E-state index in [0.717, 1.165) is 12.8 Å². The minimum Gasteiger partial charge on any atom is -0.493 e. The quantitative estimate of drug-likeness (QED) is 0.838. The van der Waals surface area contributed by atoms with Crippen LogP contribution in [0.15, 0.2) is 12.1 Å². The first-order valence-corrected chi connectivity index (χ1v) is 6.45. The van der Waals surface area contributed by atoms with Crippen LogP contribution in [0, 0.1) is 0 Å². The zero-order valence-corrected chi connectivity index (χ0v) is 11.9. The molecule has 0 unspecified atom stereocenters. The Balaban J connectivity index is 2.20. The normalized spacial score (nSPS) is 20.8. The van der Waals surface area contributed by atoms with Gasteiger partial charge in [-0.1, -0.05) is 0 Å². The van der Waals surface area contributed by atoms with Crippen LogP contribution in [-0.4, -0.2) is 39.3 Å². The fourth-order valence-electron chi connectivity index (χ4n) is 2.26. The maximum Gasteiger partial charge on any atom is 0.251 e. The number of ether oxygens (including phenoxy) is 3. The summed E-state index contributed by atoms with van der Waals surface area (Å²) in [4.78, 5) is 12.2. The summed E-state index contributed by atoms with van der Waals surface area (Å²) in [7, 11) is 4.56. The van der Waals surface area contributed by atoms with Gasteiger partial charge in [0.1, 0.15) is 0 Å². The van der Waals surface area contributed by atoms with Crippen molar-refractivity contribution in [1.29, 1.82) is 0 Å². The predicted octanol–water partition coefficient (Wildman–Crippen LogP) is 0.932. The molecule has 1 aliphatic carbocycles. The molecule has 110 valence electrons. The molecule has 2 rings (SSSR count). The van der Waals surface area contributed by atoms with Gasteiger partial charge in [-0.15, -0.1) is 0 Å². The van der Waals surface area contributed by atoms with Gasteiger partial charge in [-0.25, -0.2) is 0 Å². The standard InChI is InChI=1S/C14H20N2O4/c1-18-11-4-8(5-12(19-2)13(11)20-3)14(17)16-10-6-9(15)7-10/h4-5,9-10H,6-7,15H2,1-3H3,(H,16,17). The van der Waals surface area contributed by atoms with Gasteiger partial charge in [0.25, 0.3) is 5.91 Å². The van der Waals surface area contributed by atoms with Crippen molar-refractivity contribution in [1.82, 2.24) is 5.32 Å². The lowest BCUT2D eigenvalue weighted by molar-refractivity contribution is 0.0909. The fourth-order valence-corrected chi connectivity index (χ4v) is 2.26. The minimum atomic E-state index is -0.166. The number of methoxy groups -OCH3 is 3. The van der Waals surface area contributed by atoms with Crippen molar-refractivity contribution in [2.75, 3.05) is 21.3 Å². The lowest BCUT2D eigenvalue weighted by Gasteiger charge is -2.33. The van der Waals surface area contributed by atoms with E-state index in [1.807, 2.05) is 0 Å². The molecule has 0 atom stereocenters. The average Bonchev–Trinajstić information content (AvgIpc) is 2.43. The molecule has 0 bridgehead atoms. The summed E-state index contributed by atoms with van der Waals surface area (Å²) in [6.45, 7) is 0. The number of nitrogens with one attached hydrogen (secondary N) is 1. The Labute approximate surface area is 118 Å². The molecule has 0 saturated heterocycles. The molecule has 3 N–H and O–H groups in total. The van der Waals surface area contributed by atoms with Crippen LogP contribution >= 0.6 is 0 Å². The van der Waals surface area contributed by atoms with Gasteiger partial charge < -0.3 is 25.3 Å². The Hall–Kier alpha value is -1.95. The van der Waals surface area contributed by atoms with E-state index in [4.69, 9.17) is 19.9 Å². The van der Waals surface area contributed by atoms with Crippen molar-refractivity contribution in [3.63, 3.8) is 0 Å². The molecule has 20 heavy (non-hydrogen) atoms. The Kier molecular flexibility index (Phi) is 4.34. The van der Waals surface area contributed by atoms with Crippen LogP contribution in [0.5, 0.6) is 17.2 Å². The molecule has 6 nitrogen and oxygen atoms in total. The van der Waals surface area contributed by atoms with Crippen LogP contribution in [-0.2, 0) is 0 Å². The molecule has 1 aromatic carbocycles. The van der Waals surface area contributed by atoms with Gasteiger partial charge in [0.2, 0.25) is 5.75 Å². The Morgan fingerprint density at radius 1 is 1.15 bits per heavy atom. The zero-order chi connectivity index (χ0) is 14.7. The Morgan fingerprint density at radius 2 is 1.70 bits per heavy atom. The number of nitrogens with two attached hydrogens (primary N) is 1. The molecule has 1 amide bonds. The summed E-state index contributed by atoms with van der Waals surface area (Å²) >= 11 is 0. The highest BCUT2D eigenvalue weighted by molar-refractivity contribution is 5.95. The second-order valence-electron chi connectivity index (χ2n) is 4.82. The van der Waals surface area contributed by atoms with Crippen LogP contribution in [0.3, 0.4) is 0 Å². The highest BCUT2D eigenvalue weighted by atomic mass is 16.5. The van der Waals surface area contributed by atoms with E-state index < -0.39 is 0 Å². The minimum absolute atomic E-state index is 0.150. The first-order chi connectivity index (χ1) is 9.58. The summed E-state index contributed by atoms with van der Waals surface area (Å²) in [6.07, 6.45) is 1.63. The van der Waals surface area contributed by atoms with Gasteiger partial charge in [0.05, 0.1) is 21.3 Å². The molecule has 0 aromatic heterocycles. The number of carbonyl (C=O) groups excluding carboxylic acids is 1. The van der Waals surface area contributed by atoms with E-state index in [1.165, 1.54) is 21.3 Å². The number of carbonyl (C=O) groups is 1. The average molecular weight is 280 g/mol. The van der Waals surface area contributed by atoms with Gasteiger partial charge in [-0.05, 0) is 25.0 Å². The van der Waals surface area contributed by atoms with E-state index in [2.05, 4.69) is 5.32 Å². The maximum absolute atomic E-state index is 12.2. The van der Waals surface area contributed by atoms with Crippen LogP contribution in [0.1, 0.15) is 23.2 Å². The van der Waals surface area contributed by atoms with Crippen LogP contribution in [0.25, 0.3) is 0 Å². The van der Waals surface area contributed by atoms with Gasteiger partial charge in [-0.2, -0.15) is 0 Å². The third-order valence-corrected chi connectivity index (χ3v) is 3.44. The largest absolute Gasteiger partial charge is 0.493 e. The summed E-state index contributed by atoms with van der Waals surface area (Å²) in [5.74, 6) is 1.22. The highest BCUT2D eigenvalue weighted by Gasteiger charge is 2.28. The molecule has 1 saturated carbocycles. The van der Waals surface area contributed by atoms with Crippen molar-refractivity contribution in [3.05, 3.63) is 17.7 Å². The molecule has 6 heteroatoms. The van der Waals surface area contributed by atoms with Gasteiger partial charge in [0, 0.05) is 17.6 Å². The third-order valence-electron chi connectivity index (χ3n) is 3.44. The molecular formula is C14H20N2O4. The van der Waals surface area contributed by atoms with Crippen LogP contribution in [0.2, 0.25) is 0 Å². The smallest absolute Gasteiger partial charge is 0.251 e. The summed E-state index contributed by atoms with van der Waals surface area (Å²) < 4.78 is 15.7. The predicted molar refractivity (Wildman–Crippen MR) is 74.6 cm³/mol. The Morgan fingerprint density at radius 3 is 2.10 bits per heavy atom. The number of rotatable bonds is 5. The van der Waals surface area contributed by atoms with E-state index in [-0.39, 0.29) is 18.0 Å². The Bertz CT molecular complexity index is 473. The lowest BCUT2D eigenvalue weighted by Crippen LogP contribution is -2.50. The molecule has 1 aliphatic rings. The maximum atomic E-state index is 12.2. The van der Waals surface area contributed by atoms with Gasteiger partial charge >= 0.3 is 0 Å². The van der Waals surface area contributed by atoms with Crippen molar-refractivity contribution < 1.29 is 19.0 Å². The van der Waals surface area contributed by atoms with E-state index in [1.54, 1.807) is 12.1 Å².